The number of aromatic nitrogens is 4. The molecule has 162 valence electrons. The van der Waals surface area contributed by atoms with Gasteiger partial charge >= 0.3 is 12.3 Å². The van der Waals surface area contributed by atoms with Gasteiger partial charge in [-0.05, 0) is 13.0 Å². The summed E-state index contributed by atoms with van der Waals surface area (Å²) in [6.45, 7) is 3.34. The first-order chi connectivity index (χ1) is 14.1. The zero-order valence-corrected chi connectivity index (χ0v) is 16.0. The number of anilines is 1. The van der Waals surface area contributed by atoms with E-state index in [1.807, 2.05) is 0 Å². The van der Waals surface area contributed by atoms with Crippen molar-refractivity contribution in [2.45, 2.75) is 25.7 Å². The lowest BCUT2D eigenvalue weighted by molar-refractivity contribution is -0.138. The number of primary amides is 1. The van der Waals surface area contributed by atoms with Crippen LogP contribution in [0.15, 0.2) is 24.7 Å². The van der Waals surface area contributed by atoms with E-state index >= 15 is 0 Å². The summed E-state index contributed by atoms with van der Waals surface area (Å²) in [7, 11) is 0. The van der Waals surface area contributed by atoms with E-state index in [2.05, 4.69) is 15.1 Å². The number of rotatable bonds is 5. The maximum absolute atomic E-state index is 12.6. The Hall–Kier alpha value is -3.38. The first-order valence-electron chi connectivity index (χ1n) is 9.06. The third-order valence-electron chi connectivity index (χ3n) is 4.44. The SMILES string of the molecule is CC(Cn1ccc(C(=O)N2CCN(c3ncc(C(F)(F)F)cn3)CC2)n1)OC(N)=O. The molecule has 1 aliphatic rings. The highest BCUT2D eigenvalue weighted by Gasteiger charge is 2.32. The standard InChI is InChI=1S/C17H20F3N7O3/c1-11(30-15(21)29)10-27-3-2-13(24-27)14(28)25-4-6-26(7-5-25)16-22-8-12(9-23-16)17(18,19)20/h2-3,8-9,11H,4-7,10H2,1H3,(H2,21,29). The molecule has 30 heavy (non-hydrogen) atoms. The van der Waals surface area contributed by atoms with Crippen molar-refractivity contribution in [2.75, 3.05) is 31.1 Å². The predicted molar refractivity (Wildman–Crippen MR) is 97.5 cm³/mol. The van der Waals surface area contributed by atoms with Crippen molar-refractivity contribution >= 4 is 17.9 Å². The van der Waals surface area contributed by atoms with Crippen LogP contribution in [-0.2, 0) is 17.5 Å². The van der Waals surface area contributed by atoms with Gasteiger partial charge in [0.15, 0.2) is 0 Å². The van der Waals surface area contributed by atoms with E-state index < -0.39 is 23.9 Å². The predicted octanol–water partition coefficient (Wildman–Crippen LogP) is 1.14. The van der Waals surface area contributed by atoms with Crippen LogP contribution in [0, 0.1) is 0 Å². The minimum absolute atomic E-state index is 0.183. The van der Waals surface area contributed by atoms with Crippen molar-refractivity contribution in [2.24, 2.45) is 5.73 Å². The third-order valence-corrected chi connectivity index (χ3v) is 4.44. The maximum Gasteiger partial charge on any atom is 0.419 e. The topological polar surface area (TPSA) is 119 Å². The van der Waals surface area contributed by atoms with E-state index in [1.165, 1.54) is 4.68 Å². The molecule has 0 bridgehead atoms. The summed E-state index contributed by atoms with van der Waals surface area (Å²) in [5, 5.41) is 4.19. The summed E-state index contributed by atoms with van der Waals surface area (Å²) in [4.78, 5) is 34.3. The highest BCUT2D eigenvalue weighted by molar-refractivity contribution is 5.92. The molecule has 0 aliphatic carbocycles. The van der Waals surface area contributed by atoms with Crippen LogP contribution in [0.2, 0.25) is 0 Å². The molecule has 2 aromatic heterocycles. The van der Waals surface area contributed by atoms with Gasteiger partial charge in [-0.1, -0.05) is 0 Å². The highest BCUT2D eigenvalue weighted by Crippen LogP contribution is 2.28. The van der Waals surface area contributed by atoms with Crippen molar-refractivity contribution in [3.8, 4) is 0 Å². The zero-order valence-electron chi connectivity index (χ0n) is 16.0. The van der Waals surface area contributed by atoms with E-state index in [0.717, 1.165) is 12.4 Å². The molecule has 0 aromatic carbocycles. The number of carbonyl (C=O) groups is 2. The number of piperazine rings is 1. The molecular formula is C17H20F3N7O3. The van der Waals surface area contributed by atoms with Crippen LogP contribution in [0.3, 0.4) is 0 Å². The van der Waals surface area contributed by atoms with E-state index in [0.29, 0.717) is 26.2 Å². The molecule has 2 aromatic rings. The molecule has 1 saturated heterocycles. The Balaban J connectivity index is 1.55. The molecule has 1 fully saturated rings. The monoisotopic (exact) mass is 427 g/mol. The zero-order chi connectivity index (χ0) is 21.9. The molecule has 3 rings (SSSR count). The number of ether oxygens (including phenoxy) is 1. The number of nitrogens with two attached hydrogens (primary N) is 1. The Bertz CT molecular complexity index is 893. The van der Waals surface area contributed by atoms with Crippen molar-refractivity contribution < 1.29 is 27.5 Å². The molecule has 2 amide bonds. The highest BCUT2D eigenvalue weighted by atomic mass is 19.4. The van der Waals surface area contributed by atoms with Gasteiger partial charge in [-0.3, -0.25) is 9.48 Å². The molecule has 13 heteroatoms. The largest absolute Gasteiger partial charge is 0.445 e. The number of halogens is 3. The fourth-order valence-electron chi connectivity index (χ4n) is 2.98. The van der Waals surface area contributed by atoms with Crippen LogP contribution < -0.4 is 10.6 Å². The first-order valence-corrected chi connectivity index (χ1v) is 9.06. The Kier molecular flexibility index (Phi) is 6.08. The summed E-state index contributed by atoms with van der Waals surface area (Å²) in [5.74, 6) is -0.0898. The first kappa shape index (κ1) is 21.3. The quantitative estimate of drug-likeness (QED) is 0.760. The molecular weight excluding hydrogens is 407 g/mol. The number of hydrogen-bond acceptors (Lipinski definition) is 7. The molecule has 1 unspecified atom stereocenters. The number of alkyl halides is 3. The molecule has 0 radical (unpaired) electrons. The van der Waals surface area contributed by atoms with Crippen LogP contribution >= 0.6 is 0 Å². The fourth-order valence-corrected chi connectivity index (χ4v) is 2.98. The normalized spacial score (nSPS) is 15.7. The number of nitrogens with zero attached hydrogens (tertiary/aromatic N) is 6. The second-order valence-corrected chi connectivity index (χ2v) is 6.72. The molecule has 0 saturated carbocycles. The lowest BCUT2D eigenvalue weighted by Gasteiger charge is -2.34. The molecule has 2 N–H and O–H groups in total. The summed E-state index contributed by atoms with van der Waals surface area (Å²) in [5.41, 5.74) is 4.29. The van der Waals surface area contributed by atoms with Gasteiger partial charge < -0.3 is 20.3 Å². The van der Waals surface area contributed by atoms with E-state index in [1.54, 1.807) is 29.0 Å². The van der Waals surface area contributed by atoms with E-state index in [-0.39, 0.29) is 24.1 Å². The van der Waals surface area contributed by atoms with Gasteiger partial charge in [-0.25, -0.2) is 14.8 Å². The van der Waals surface area contributed by atoms with E-state index in [4.69, 9.17) is 10.5 Å². The van der Waals surface area contributed by atoms with Crippen LogP contribution in [0.5, 0.6) is 0 Å². The molecule has 3 heterocycles. The van der Waals surface area contributed by atoms with Gasteiger partial charge in [0.2, 0.25) is 5.95 Å². The number of hydrogen-bond donors (Lipinski definition) is 1. The van der Waals surface area contributed by atoms with Crippen LogP contribution in [-0.4, -0.2) is 68.9 Å². The summed E-state index contributed by atoms with van der Waals surface area (Å²) >= 11 is 0. The Morgan fingerprint density at radius 3 is 2.40 bits per heavy atom. The number of amides is 2. The smallest absolute Gasteiger partial charge is 0.419 e. The summed E-state index contributed by atoms with van der Waals surface area (Å²) < 4.78 is 44.2. The summed E-state index contributed by atoms with van der Waals surface area (Å²) in [6.07, 6.45) is -2.79. The van der Waals surface area contributed by atoms with Crippen LogP contribution in [0.25, 0.3) is 0 Å². The molecule has 0 spiro atoms. The lowest BCUT2D eigenvalue weighted by Crippen LogP contribution is -2.49. The number of carbonyl (C=O) groups excluding carboxylic acids is 2. The second kappa shape index (κ2) is 8.55. The van der Waals surface area contributed by atoms with Crippen molar-refractivity contribution in [1.82, 2.24) is 24.6 Å². The average molecular weight is 427 g/mol. The molecule has 1 atom stereocenters. The Morgan fingerprint density at radius 1 is 1.20 bits per heavy atom. The second-order valence-electron chi connectivity index (χ2n) is 6.72. The minimum atomic E-state index is -4.49. The molecule has 1 aliphatic heterocycles. The third kappa shape index (κ3) is 5.15. The maximum atomic E-state index is 12.6. The van der Waals surface area contributed by atoms with Crippen molar-refractivity contribution in [1.29, 1.82) is 0 Å². The van der Waals surface area contributed by atoms with Gasteiger partial charge in [0.1, 0.15) is 11.8 Å². The van der Waals surface area contributed by atoms with E-state index in [9.17, 15) is 22.8 Å². The Morgan fingerprint density at radius 2 is 1.83 bits per heavy atom. The average Bonchev–Trinajstić information content (AvgIpc) is 3.14. The van der Waals surface area contributed by atoms with Gasteiger partial charge in [-0.15, -0.1) is 0 Å². The van der Waals surface area contributed by atoms with Gasteiger partial charge in [0, 0.05) is 44.8 Å². The van der Waals surface area contributed by atoms with Gasteiger partial charge in [0.05, 0.1) is 12.1 Å². The van der Waals surface area contributed by atoms with Crippen molar-refractivity contribution in [3.63, 3.8) is 0 Å². The lowest BCUT2D eigenvalue weighted by atomic mass is 10.3. The van der Waals surface area contributed by atoms with Crippen LogP contribution in [0.1, 0.15) is 23.0 Å². The summed E-state index contributed by atoms with van der Waals surface area (Å²) in [6, 6.07) is 1.56. The van der Waals surface area contributed by atoms with Gasteiger partial charge in [-0.2, -0.15) is 18.3 Å². The Labute approximate surface area is 169 Å². The fraction of sp³-hybridized carbons (Fsp3) is 0.471. The molecule has 10 nitrogen and oxygen atoms in total. The van der Waals surface area contributed by atoms with Crippen molar-refractivity contribution in [3.05, 3.63) is 35.9 Å². The van der Waals surface area contributed by atoms with Crippen LogP contribution in [0.4, 0.5) is 23.9 Å². The minimum Gasteiger partial charge on any atom is -0.445 e. The van der Waals surface area contributed by atoms with Gasteiger partial charge in [0.25, 0.3) is 5.91 Å².